The first-order chi connectivity index (χ1) is 69.3. The van der Waals surface area contributed by atoms with Crippen molar-refractivity contribution in [3.63, 3.8) is 0 Å². The second kappa shape index (κ2) is 37.2. The van der Waals surface area contributed by atoms with Crippen molar-refractivity contribution in [2.45, 2.75) is 158 Å². The Hall–Kier alpha value is -11.9. The first-order valence-corrected chi connectivity index (χ1v) is 42.8. The van der Waals surface area contributed by atoms with Crippen LogP contribution in [0.15, 0.2) is 132 Å². The molecule has 0 saturated heterocycles. The van der Waals surface area contributed by atoms with Crippen LogP contribution in [-0.2, 0) is 40.1 Å². The molecule has 0 spiro atoms. The molecule has 0 saturated carbocycles. The highest BCUT2D eigenvalue weighted by atomic mass is 32.2. The van der Waals surface area contributed by atoms with Crippen molar-refractivity contribution in [1.82, 2.24) is 20.6 Å². The van der Waals surface area contributed by atoms with Crippen LogP contribution in [0.4, 0.5) is 46.3 Å². The fourth-order valence-electron chi connectivity index (χ4n) is 10.0. The monoisotopic (exact) mass is 1820 g/mol. The highest BCUT2D eigenvalue weighted by Gasteiger charge is 2.33. The van der Waals surface area contributed by atoms with Gasteiger partial charge in [-0.05, 0) is 253 Å². The lowest BCUT2D eigenvalue weighted by Crippen LogP contribution is -2.20. The normalized spacial score (nSPS) is 15.8. The van der Waals surface area contributed by atoms with Crippen LogP contribution >= 0.6 is 45.3 Å². The van der Waals surface area contributed by atoms with E-state index in [1.54, 1.807) is 6.92 Å². The van der Waals surface area contributed by atoms with Crippen LogP contribution in [-0.4, -0.2) is 101 Å². The number of aryl methyl sites for hydroxylation is 6. The fraction of sp³-hybridized carbons (Fsp3) is 0.250. The van der Waals surface area contributed by atoms with Crippen LogP contribution in [0.5, 0.6) is 0 Å². The van der Waals surface area contributed by atoms with Gasteiger partial charge in [-0.3, -0.25) is 38.4 Å². The van der Waals surface area contributed by atoms with Crippen molar-refractivity contribution >= 4 is 178 Å². The Bertz CT molecular complexity index is 8060. The Morgan fingerprint density at radius 2 is 0.575 bits per heavy atom. The van der Waals surface area contributed by atoms with Gasteiger partial charge in [0.05, 0.1) is 53.7 Å². The number of hydrogen-bond acceptors (Lipinski definition) is 28. The Kier molecular flexibility index (Phi) is 17.5. The van der Waals surface area contributed by atoms with E-state index in [2.05, 4.69) is 20.6 Å². The number of sulfonamides is 4. The van der Waals surface area contributed by atoms with Crippen molar-refractivity contribution in [3.8, 4) is 0 Å². The summed E-state index contributed by atoms with van der Waals surface area (Å²) < 4.78 is 380. The third-order valence-electron chi connectivity index (χ3n) is 16.1. The standard InChI is InChI=1S/4C20H21N3O5S2/c4*1-10-8-11(2)17(15(9-10)14(5)24)21-19(25)18-16(6-7-29-18)30(26,27)23-20-12(3)13(4)22-28-20/h4*6-9,23H,1-5H3,(H,21,25)/i1D3,2D3,3D3,8D;3D3,8D,9D;1D3,2D3,8D;8D,9D/hD8. The molecule has 4 aromatic carbocycles. The van der Waals surface area contributed by atoms with Gasteiger partial charge < -0.3 is 39.3 Å². The summed E-state index contributed by atoms with van der Waals surface area (Å²) in [5.41, 5.74) is -7.82. The summed E-state index contributed by atoms with van der Waals surface area (Å²) in [6, 6.07) is 2.40. The molecule has 32 nitrogen and oxygen atoms in total. The number of benzene rings is 4. The molecule has 120 heavy (non-hydrogen) atoms. The van der Waals surface area contributed by atoms with Gasteiger partial charge in [-0.1, -0.05) is 44.8 Å². The van der Waals surface area contributed by atoms with Gasteiger partial charge in [0.2, 0.25) is 23.5 Å². The third-order valence-corrected chi connectivity index (χ3v) is 25.5. The predicted molar refractivity (Wildman–Crippen MR) is 460 cm³/mol. The van der Waals surface area contributed by atoms with Crippen LogP contribution in [0.1, 0.15) is 230 Å². The highest BCUT2D eigenvalue weighted by molar-refractivity contribution is 7.94. The molecule has 0 aliphatic rings. The molecular formula is C80H84N12O20S8. The molecule has 8 N–H and O–H groups in total. The van der Waals surface area contributed by atoms with Gasteiger partial charge in [0.1, 0.15) is 39.1 Å². The number of nitrogens with zero attached hydrogens (tertiary/aromatic N) is 4. The lowest BCUT2D eigenvalue weighted by molar-refractivity contribution is 0.100. The van der Waals surface area contributed by atoms with Gasteiger partial charge in [0.15, 0.2) is 34.4 Å². The van der Waals surface area contributed by atoms with Crippen molar-refractivity contribution in [2.24, 2.45) is 0 Å². The highest BCUT2D eigenvalue weighted by Crippen LogP contribution is 2.36. The lowest BCUT2D eigenvalue weighted by Gasteiger charge is -2.14. The van der Waals surface area contributed by atoms with E-state index in [9.17, 15) is 72.0 Å². The Labute approximate surface area is 753 Å². The maximum Gasteiger partial charge on any atom is 0.267 e. The number of aromatic nitrogens is 4. The number of thiophene rings is 4. The summed E-state index contributed by atoms with van der Waals surface area (Å²) in [4.78, 5) is 98.0. The van der Waals surface area contributed by atoms with Crippen LogP contribution in [0.25, 0.3) is 0 Å². The number of hydrogen-bond donors (Lipinski definition) is 8. The third kappa shape index (κ3) is 21.0. The summed E-state index contributed by atoms with van der Waals surface area (Å²) in [5, 5.41) is 19.3. The van der Waals surface area contributed by atoms with E-state index in [-0.39, 0.29) is 131 Å². The number of amides is 4. The maximum absolute atomic E-state index is 13.5. The molecule has 8 heterocycles. The number of ketones is 4. The molecular weight excluding hydrogens is 1710 g/mol. The number of anilines is 8. The number of carbonyl (C=O) groups excluding carboxylic acids is 8. The molecule has 12 rings (SSSR count). The zero-order valence-corrected chi connectivity index (χ0v) is 71.1. The Balaban J connectivity index is 0.000000225. The number of carbonyl (C=O) groups is 8. The first-order valence-electron chi connectivity index (χ1n) is 49.1. The molecule has 8 aromatic heterocycles. The quantitative estimate of drug-likeness (QED) is 0.0260. The molecule has 0 bridgehead atoms. The Morgan fingerprint density at radius 3 is 0.800 bits per heavy atom. The SMILES string of the molecule is [2H]c1c(C([2H])([2H])[2H])cc(C(C)=O)c(N([2H])C(=O)c2sccc2S(=O)(=O)N([2H])c2onc(C)c2C([2H])([2H])[2H])c1C([2H])([2H])[2H].[2H]c1c(C([2H])([2H])[2H])cc(C(C)=O)c(N([2H])C(=O)c2sccc2S(=O)(=O)N([2H])c2onc(C)c2C)c1C([2H])([2H])[2H].[2H]c1c(C)c([2H])c(C(C)=O)c(N([2H])C(=O)c2sccc2S(=O)(=O)N([2H])c2onc(C)c2C([2H])([2H])[2H])c1C.[2H]c1c(C)c([2H])c(C(C)=O)c(N([2H])C(=O)c2sccc2S(=O)(=O)N([2H])c2onc(C)c2C)c1C. The van der Waals surface area contributed by atoms with Crippen LogP contribution < -0.4 is 40.1 Å². The van der Waals surface area contributed by atoms with E-state index in [1.165, 1.54) is 85.4 Å². The van der Waals surface area contributed by atoms with E-state index < -0.39 is 248 Å². The largest absolute Gasteiger partial charge is 0.337 e. The molecule has 40 heteroatoms. The lowest BCUT2D eigenvalue weighted by atomic mass is 10.0. The number of rotatable bonds is 24. The second-order valence-electron chi connectivity index (χ2n) is 25.0. The first kappa shape index (κ1) is 56.5. The van der Waals surface area contributed by atoms with Gasteiger partial charge in [-0.2, -0.15) is 0 Å². The molecule has 0 radical (unpaired) electrons. The minimum absolute atomic E-state index is 0.0113. The van der Waals surface area contributed by atoms with E-state index in [0.29, 0.717) is 62.3 Å². The van der Waals surface area contributed by atoms with Crippen molar-refractivity contribution in [3.05, 3.63) is 225 Å². The molecule has 0 aliphatic heterocycles. The fourth-order valence-corrected chi connectivity index (χ4v) is 19.0. The van der Waals surface area contributed by atoms with Gasteiger partial charge in [0, 0.05) is 69.2 Å². The average molecular weight is 1820 g/mol. The Morgan fingerprint density at radius 1 is 0.333 bits per heavy atom. The van der Waals surface area contributed by atoms with Crippen molar-refractivity contribution < 1.29 is 134 Å². The molecule has 0 atom stereocenters. The average Bonchev–Trinajstić information content (AvgIpc) is 1.12. The van der Waals surface area contributed by atoms with Gasteiger partial charge in [-0.15, -0.1) is 45.3 Å². The van der Waals surface area contributed by atoms with Crippen LogP contribution in [0, 0.1) is 110 Å². The summed E-state index contributed by atoms with van der Waals surface area (Å²) in [6.45, 7) is 0.135. The van der Waals surface area contributed by atoms with Crippen LogP contribution in [0.3, 0.4) is 0 Å². The zero-order valence-electron chi connectivity index (χ0n) is 96.6. The maximum atomic E-state index is 13.5. The minimum Gasteiger partial charge on any atom is -0.337 e. The van der Waals surface area contributed by atoms with Crippen molar-refractivity contribution in [2.75, 3.05) is 40.1 Å². The summed E-state index contributed by atoms with van der Waals surface area (Å²) in [6.07, 6.45) is 0. The minimum atomic E-state index is -5.10. The molecule has 12 aromatic rings. The van der Waals surface area contributed by atoms with E-state index in [4.69, 9.17) is 62.3 Å². The molecule has 0 unspecified atom stereocenters. The second-order valence-corrected chi connectivity index (χ2v) is 34.9. The van der Waals surface area contributed by atoms with E-state index in [1.807, 2.05) is 0 Å². The van der Waals surface area contributed by atoms with E-state index >= 15 is 0 Å². The van der Waals surface area contributed by atoms with E-state index in [0.717, 1.165) is 67.8 Å². The molecule has 4 amide bonds. The molecule has 632 valence electrons. The molecule has 0 fully saturated rings. The summed E-state index contributed by atoms with van der Waals surface area (Å²) in [7, 11) is -19.4. The smallest absolute Gasteiger partial charge is 0.267 e. The summed E-state index contributed by atoms with van der Waals surface area (Å²) in [5.74, 6) is -10.9. The zero-order chi connectivity index (χ0) is 116. The van der Waals surface area contributed by atoms with Gasteiger partial charge >= 0.3 is 0 Å². The van der Waals surface area contributed by atoms with Crippen molar-refractivity contribution in [1.29, 1.82) is 0 Å². The molecule has 0 aliphatic carbocycles. The topological polar surface area (TPSA) is 473 Å². The number of Topliss-reactive ketones (excluding diaryl/α,β-unsaturated/α-hetero) is 4. The van der Waals surface area contributed by atoms with Crippen LogP contribution in [0.2, 0.25) is 11.3 Å². The van der Waals surface area contributed by atoms with Gasteiger partial charge in [0.25, 0.3) is 63.7 Å². The number of nitrogens with one attached hydrogen (secondary N) is 8. The van der Waals surface area contributed by atoms with Gasteiger partial charge in [-0.25, -0.2) is 52.5 Å². The predicted octanol–water partition coefficient (Wildman–Crippen LogP) is 16.9. The summed E-state index contributed by atoms with van der Waals surface area (Å²) >= 11 is 2.38.